The first-order chi connectivity index (χ1) is 19.5. The molecule has 2 N–H and O–H groups in total. The van der Waals surface area contributed by atoms with Crippen LogP contribution in [0.5, 0.6) is 11.5 Å². The Morgan fingerprint density at radius 3 is 2.34 bits per heavy atom. The maximum absolute atomic E-state index is 14.1. The Labute approximate surface area is 236 Å². The van der Waals surface area contributed by atoms with Crippen LogP contribution in [-0.4, -0.2) is 43.5 Å². The largest absolute Gasteiger partial charge is 0.497 e. The molecule has 13 heteroatoms. The molecule has 0 atom stereocenters. The summed E-state index contributed by atoms with van der Waals surface area (Å²) >= 11 is 0. The van der Waals surface area contributed by atoms with Crippen molar-refractivity contribution < 1.29 is 35.5 Å². The van der Waals surface area contributed by atoms with E-state index in [0.717, 1.165) is 10.4 Å². The molecule has 0 fully saturated rings. The minimum Gasteiger partial charge on any atom is -0.497 e. The Hall–Kier alpha value is -4.62. The molecule has 4 aromatic carbocycles. The maximum atomic E-state index is 14.1. The molecule has 5 rings (SSSR count). The van der Waals surface area contributed by atoms with E-state index < -0.39 is 38.3 Å². The fraction of sp³-hybridized carbons (Fsp3) is 0.107. The smallest absolute Gasteiger partial charge is 0.265 e. The van der Waals surface area contributed by atoms with E-state index >= 15 is 0 Å². The van der Waals surface area contributed by atoms with Crippen LogP contribution in [0.15, 0.2) is 94.7 Å². The molecule has 1 aliphatic heterocycles. The van der Waals surface area contributed by atoms with Crippen LogP contribution in [0, 0.1) is 5.82 Å². The fourth-order valence-electron chi connectivity index (χ4n) is 4.41. The molecule has 0 spiro atoms. The Balaban J connectivity index is 1.34. The average molecular weight is 598 g/mol. The molecule has 0 aromatic heterocycles. The Bertz CT molecular complexity index is 1860. The van der Waals surface area contributed by atoms with Crippen LogP contribution in [0.2, 0.25) is 0 Å². The van der Waals surface area contributed by atoms with Crippen molar-refractivity contribution in [2.75, 3.05) is 35.1 Å². The number of halogens is 1. The molecule has 4 aromatic rings. The van der Waals surface area contributed by atoms with E-state index in [1.807, 2.05) is 0 Å². The summed E-state index contributed by atoms with van der Waals surface area (Å²) < 4.78 is 80.5. The lowest BCUT2D eigenvalue weighted by molar-refractivity contribution is -0.114. The van der Waals surface area contributed by atoms with Gasteiger partial charge >= 0.3 is 0 Å². The number of benzene rings is 4. The molecule has 1 aliphatic rings. The van der Waals surface area contributed by atoms with Gasteiger partial charge in [-0.1, -0.05) is 18.2 Å². The Morgan fingerprint density at radius 1 is 0.902 bits per heavy atom. The minimum absolute atomic E-state index is 0.0403. The average Bonchev–Trinajstić information content (AvgIpc) is 2.96. The first-order valence-electron chi connectivity index (χ1n) is 12.1. The van der Waals surface area contributed by atoms with Gasteiger partial charge in [-0.15, -0.1) is 0 Å². The quantitative estimate of drug-likeness (QED) is 0.307. The van der Waals surface area contributed by atoms with E-state index in [9.17, 15) is 26.0 Å². The zero-order valence-electron chi connectivity index (χ0n) is 21.8. The highest BCUT2D eigenvalue weighted by Crippen LogP contribution is 2.43. The predicted octanol–water partition coefficient (Wildman–Crippen LogP) is 4.46. The van der Waals surface area contributed by atoms with Crippen molar-refractivity contribution in [3.8, 4) is 22.6 Å². The second-order valence-electron chi connectivity index (χ2n) is 8.91. The zero-order chi connectivity index (χ0) is 29.4. The van der Waals surface area contributed by atoms with Crippen molar-refractivity contribution >= 4 is 43.0 Å². The van der Waals surface area contributed by atoms with Crippen LogP contribution in [0.3, 0.4) is 0 Å². The Morgan fingerprint density at radius 2 is 1.63 bits per heavy atom. The number of nitrogens with zero attached hydrogens (tertiary/aromatic N) is 1. The zero-order valence-corrected chi connectivity index (χ0v) is 23.4. The number of amides is 1. The molecule has 0 unspecified atom stereocenters. The Kier molecular flexibility index (Phi) is 7.32. The van der Waals surface area contributed by atoms with Gasteiger partial charge in [0.15, 0.2) is 0 Å². The molecule has 0 bridgehead atoms. The number of hydrogen-bond donors (Lipinski definition) is 2. The van der Waals surface area contributed by atoms with Gasteiger partial charge in [-0.05, 0) is 60.7 Å². The number of rotatable bonds is 8. The van der Waals surface area contributed by atoms with Gasteiger partial charge in [0.1, 0.15) is 23.9 Å². The van der Waals surface area contributed by atoms with Gasteiger partial charge in [-0.2, -0.15) is 0 Å². The van der Waals surface area contributed by atoms with Gasteiger partial charge in [-0.3, -0.25) is 13.8 Å². The number of ether oxygens (including phenoxy) is 2. The summed E-state index contributed by atoms with van der Waals surface area (Å²) in [5, 5.41) is 2.58. The van der Waals surface area contributed by atoms with Gasteiger partial charge < -0.3 is 14.8 Å². The van der Waals surface area contributed by atoms with Gasteiger partial charge in [0.25, 0.3) is 20.0 Å². The van der Waals surface area contributed by atoms with Crippen molar-refractivity contribution in [3.05, 3.63) is 90.7 Å². The van der Waals surface area contributed by atoms with Crippen LogP contribution in [0.25, 0.3) is 11.1 Å². The standard InChI is InChI=1S/C28H24FN3O7S2/c1-38-20-10-13-24(26(16-20)39-2)31-40(34,35)21-11-8-19(9-12-21)30-28(33)17-32-25-14-7-18(29)15-23(25)22-5-3-4-6-27(22)41(32,36)37/h3-16,31H,17H2,1-2H3,(H,30,33). The predicted molar refractivity (Wildman–Crippen MR) is 152 cm³/mol. The number of fused-ring (bicyclic) bond motifs is 3. The van der Waals surface area contributed by atoms with E-state index in [-0.39, 0.29) is 32.6 Å². The summed E-state index contributed by atoms with van der Waals surface area (Å²) in [4.78, 5) is 12.8. The van der Waals surface area contributed by atoms with E-state index in [2.05, 4.69) is 10.0 Å². The van der Waals surface area contributed by atoms with Crippen LogP contribution >= 0.6 is 0 Å². The maximum Gasteiger partial charge on any atom is 0.265 e. The molecule has 0 saturated heterocycles. The summed E-state index contributed by atoms with van der Waals surface area (Å²) in [6.45, 7) is -0.589. The third-order valence-corrected chi connectivity index (χ3v) is 9.56. The van der Waals surface area contributed by atoms with Gasteiger partial charge in [-0.25, -0.2) is 21.2 Å². The number of anilines is 3. The number of carbonyl (C=O) groups excluding carboxylic acids is 1. The van der Waals surface area contributed by atoms with Crippen molar-refractivity contribution in [2.45, 2.75) is 9.79 Å². The number of carbonyl (C=O) groups is 1. The minimum atomic E-state index is -4.12. The lowest BCUT2D eigenvalue weighted by Gasteiger charge is -2.31. The van der Waals surface area contributed by atoms with Gasteiger partial charge in [0.05, 0.1) is 35.4 Å². The van der Waals surface area contributed by atoms with Crippen LogP contribution in [0.4, 0.5) is 21.5 Å². The highest BCUT2D eigenvalue weighted by Gasteiger charge is 2.36. The number of nitrogens with one attached hydrogen (secondary N) is 2. The second-order valence-corrected chi connectivity index (χ2v) is 12.4. The lowest BCUT2D eigenvalue weighted by Crippen LogP contribution is -2.40. The monoisotopic (exact) mass is 597 g/mol. The first kappa shape index (κ1) is 27.9. The van der Waals surface area contributed by atoms with Crippen LogP contribution in [-0.2, 0) is 24.8 Å². The molecular formula is C28H24FN3O7S2. The number of methoxy groups -OCH3 is 2. The second kappa shape index (κ2) is 10.7. The molecule has 1 amide bonds. The summed E-state index contributed by atoms with van der Waals surface area (Å²) in [5.41, 5.74) is 1.30. The number of sulfonamides is 2. The summed E-state index contributed by atoms with van der Waals surface area (Å²) in [6, 6.07) is 19.8. The van der Waals surface area contributed by atoms with Crippen molar-refractivity contribution in [3.63, 3.8) is 0 Å². The van der Waals surface area contributed by atoms with E-state index in [1.165, 1.54) is 68.8 Å². The third-order valence-electron chi connectivity index (χ3n) is 6.36. The molecule has 0 aliphatic carbocycles. The van der Waals surface area contributed by atoms with E-state index in [0.29, 0.717) is 16.9 Å². The molecule has 0 saturated carbocycles. The van der Waals surface area contributed by atoms with Crippen molar-refractivity contribution in [1.29, 1.82) is 0 Å². The normalized spacial score (nSPS) is 13.5. The van der Waals surface area contributed by atoms with E-state index in [1.54, 1.807) is 24.3 Å². The van der Waals surface area contributed by atoms with Crippen molar-refractivity contribution in [1.82, 2.24) is 0 Å². The summed E-state index contributed by atoms with van der Waals surface area (Å²) in [5.74, 6) is -0.476. The summed E-state index contributed by atoms with van der Waals surface area (Å²) in [7, 11) is -5.26. The van der Waals surface area contributed by atoms with Gasteiger partial charge in [0.2, 0.25) is 5.91 Å². The molecule has 10 nitrogen and oxygen atoms in total. The van der Waals surface area contributed by atoms with Crippen LogP contribution in [0.1, 0.15) is 0 Å². The van der Waals surface area contributed by atoms with Crippen LogP contribution < -0.4 is 23.8 Å². The molecule has 1 heterocycles. The highest BCUT2D eigenvalue weighted by atomic mass is 32.2. The SMILES string of the molecule is COc1ccc(NS(=O)(=O)c2ccc(NC(=O)CN3c4ccc(F)cc4-c4ccccc4S3(=O)=O)cc2)c(OC)c1. The number of hydrogen-bond acceptors (Lipinski definition) is 7. The summed E-state index contributed by atoms with van der Waals surface area (Å²) in [6.07, 6.45) is 0. The molecule has 41 heavy (non-hydrogen) atoms. The molecular weight excluding hydrogens is 573 g/mol. The van der Waals surface area contributed by atoms with Crippen molar-refractivity contribution in [2.24, 2.45) is 0 Å². The first-order valence-corrected chi connectivity index (χ1v) is 15.0. The molecule has 212 valence electrons. The lowest BCUT2D eigenvalue weighted by atomic mass is 10.0. The topological polar surface area (TPSA) is 131 Å². The van der Waals surface area contributed by atoms with Gasteiger partial charge in [0, 0.05) is 22.9 Å². The third kappa shape index (κ3) is 5.41. The highest BCUT2D eigenvalue weighted by molar-refractivity contribution is 7.93. The molecule has 0 radical (unpaired) electrons. The van der Waals surface area contributed by atoms with E-state index in [4.69, 9.17) is 9.47 Å². The fourth-order valence-corrected chi connectivity index (χ4v) is 7.13.